The average Bonchev–Trinajstić information content (AvgIpc) is 2.28. The fourth-order valence-corrected chi connectivity index (χ4v) is 1.80. The molecule has 3 nitrogen and oxygen atoms in total. The minimum Gasteiger partial charge on any atom is -0.359 e. The van der Waals surface area contributed by atoms with Crippen LogP contribution in [0.4, 0.5) is 0 Å². The predicted octanol–water partition coefficient (Wildman–Crippen LogP) is 2.06. The monoisotopic (exact) mass is 284 g/mol. The second kappa shape index (κ2) is 6.66. The van der Waals surface area contributed by atoms with E-state index in [1.165, 1.54) is 5.56 Å². The van der Waals surface area contributed by atoms with E-state index in [2.05, 4.69) is 32.6 Å². The Morgan fingerprint density at radius 1 is 1.44 bits per heavy atom. The van der Waals surface area contributed by atoms with Gasteiger partial charge in [-0.05, 0) is 18.6 Å². The van der Waals surface area contributed by atoms with Crippen LogP contribution in [0.5, 0.6) is 0 Å². The summed E-state index contributed by atoms with van der Waals surface area (Å²) < 4.78 is 1.09. The maximum absolute atomic E-state index is 11.1. The van der Waals surface area contributed by atoms with Crippen molar-refractivity contribution in [3.8, 4) is 0 Å². The van der Waals surface area contributed by atoms with Gasteiger partial charge >= 0.3 is 0 Å². The lowest BCUT2D eigenvalue weighted by atomic mass is 10.2. The highest BCUT2D eigenvalue weighted by atomic mass is 79.9. The van der Waals surface area contributed by atoms with Crippen LogP contribution in [0.15, 0.2) is 28.7 Å². The zero-order valence-electron chi connectivity index (χ0n) is 9.59. The number of hydrogen-bond acceptors (Lipinski definition) is 2. The fraction of sp³-hybridized carbons (Fsp3) is 0.417. The van der Waals surface area contributed by atoms with Crippen molar-refractivity contribution >= 4 is 21.8 Å². The lowest BCUT2D eigenvalue weighted by Gasteiger charge is -2.13. The number of carbonyl (C=O) groups excluding carboxylic acids is 1. The van der Waals surface area contributed by atoms with E-state index < -0.39 is 0 Å². The van der Waals surface area contributed by atoms with Gasteiger partial charge in [0.1, 0.15) is 0 Å². The minimum absolute atomic E-state index is 0.0622. The molecular formula is C12H17BrN2O. The predicted molar refractivity (Wildman–Crippen MR) is 69.1 cm³/mol. The third kappa shape index (κ3) is 4.33. The van der Waals surface area contributed by atoms with Crippen LogP contribution in [0.25, 0.3) is 0 Å². The summed E-state index contributed by atoms with van der Waals surface area (Å²) in [5.41, 5.74) is 1.20. The van der Waals surface area contributed by atoms with Crippen molar-refractivity contribution in [3.05, 3.63) is 34.3 Å². The molecule has 0 aliphatic rings. The molecule has 0 radical (unpaired) electrons. The first-order valence-electron chi connectivity index (χ1n) is 5.31. The van der Waals surface area contributed by atoms with E-state index in [1.807, 2.05) is 25.1 Å². The highest BCUT2D eigenvalue weighted by Crippen LogP contribution is 2.15. The van der Waals surface area contributed by atoms with Crippen molar-refractivity contribution in [2.45, 2.75) is 25.9 Å². The van der Waals surface area contributed by atoms with E-state index in [4.69, 9.17) is 0 Å². The minimum atomic E-state index is 0.0622. The van der Waals surface area contributed by atoms with Crippen LogP contribution in [0.3, 0.4) is 0 Å². The summed E-state index contributed by atoms with van der Waals surface area (Å²) >= 11 is 3.49. The molecule has 0 aromatic heterocycles. The summed E-state index contributed by atoms with van der Waals surface area (Å²) in [6.07, 6.45) is 0.501. The molecule has 2 N–H and O–H groups in total. The number of hydrogen-bond donors (Lipinski definition) is 2. The van der Waals surface area contributed by atoms with Gasteiger partial charge in [0.15, 0.2) is 0 Å². The van der Waals surface area contributed by atoms with Crippen molar-refractivity contribution in [1.29, 1.82) is 0 Å². The Morgan fingerprint density at radius 3 is 2.75 bits per heavy atom. The van der Waals surface area contributed by atoms with Crippen LogP contribution in [-0.4, -0.2) is 19.0 Å². The molecule has 4 heteroatoms. The first kappa shape index (κ1) is 13.2. The Kier molecular flexibility index (Phi) is 5.49. The van der Waals surface area contributed by atoms with E-state index in [9.17, 15) is 4.79 Å². The van der Waals surface area contributed by atoms with Gasteiger partial charge in [0.25, 0.3) is 0 Å². The Bertz CT molecular complexity index is 355. The summed E-state index contributed by atoms with van der Waals surface area (Å²) in [7, 11) is 1.66. The molecule has 0 aliphatic heterocycles. The number of rotatable bonds is 5. The molecule has 1 unspecified atom stereocenters. The largest absolute Gasteiger partial charge is 0.359 e. The van der Waals surface area contributed by atoms with E-state index >= 15 is 0 Å². The summed E-state index contributed by atoms with van der Waals surface area (Å²) in [6.45, 7) is 2.77. The standard InChI is InChI=1S/C12H17BrN2O/c1-9(7-12(16)14-2)15-8-10-5-3-4-6-11(10)13/h3-6,9,15H,7-8H2,1-2H3,(H,14,16). The van der Waals surface area contributed by atoms with Gasteiger partial charge in [-0.1, -0.05) is 34.1 Å². The van der Waals surface area contributed by atoms with Crippen molar-refractivity contribution in [2.24, 2.45) is 0 Å². The van der Waals surface area contributed by atoms with Crippen molar-refractivity contribution in [2.75, 3.05) is 7.05 Å². The zero-order chi connectivity index (χ0) is 12.0. The van der Waals surface area contributed by atoms with Crippen LogP contribution in [-0.2, 0) is 11.3 Å². The molecule has 0 fully saturated rings. The van der Waals surface area contributed by atoms with Gasteiger partial charge in [-0.3, -0.25) is 4.79 Å². The third-order valence-electron chi connectivity index (χ3n) is 2.37. The average molecular weight is 285 g/mol. The topological polar surface area (TPSA) is 41.1 Å². The van der Waals surface area contributed by atoms with Crippen LogP contribution >= 0.6 is 15.9 Å². The summed E-state index contributed by atoms with van der Waals surface area (Å²) in [6, 6.07) is 8.24. The van der Waals surface area contributed by atoms with Gasteiger partial charge in [-0.15, -0.1) is 0 Å². The SMILES string of the molecule is CNC(=O)CC(C)NCc1ccccc1Br. The van der Waals surface area contributed by atoms with E-state index in [1.54, 1.807) is 7.05 Å². The molecule has 1 aromatic rings. The Balaban J connectivity index is 2.40. The van der Waals surface area contributed by atoms with Gasteiger partial charge in [0.2, 0.25) is 5.91 Å². The second-order valence-electron chi connectivity index (χ2n) is 3.75. The Labute approximate surface area is 105 Å². The maximum Gasteiger partial charge on any atom is 0.221 e. The van der Waals surface area contributed by atoms with Gasteiger partial charge in [-0.25, -0.2) is 0 Å². The van der Waals surface area contributed by atoms with Crippen LogP contribution in [0.2, 0.25) is 0 Å². The number of amides is 1. The molecule has 0 saturated heterocycles. The molecule has 88 valence electrons. The highest BCUT2D eigenvalue weighted by Gasteiger charge is 2.07. The molecule has 1 aromatic carbocycles. The van der Waals surface area contributed by atoms with Gasteiger partial charge in [0.05, 0.1) is 0 Å². The molecule has 0 spiro atoms. The van der Waals surface area contributed by atoms with Gasteiger partial charge < -0.3 is 10.6 Å². The van der Waals surface area contributed by atoms with E-state index in [0.29, 0.717) is 6.42 Å². The molecular weight excluding hydrogens is 268 g/mol. The van der Waals surface area contributed by atoms with E-state index in [0.717, 1.165) is 11.0 Å². The zero-order valence-corrected chi connectivity index (χ0v) is 11.2. The number of carbonyl (C=O) groups is 1. The molecule has 1 amide bonds. The first-order chi connectivity index (χ1) is 7.63. The summed E-state index contributed by atoms with van der Waals surface area (Å²) in [4.78, 5) is 11.1. The number of nitrogens with one attached hydrogen (secondary N) is 2. The first-order valence-corrected chi connectivity index (χ1v) is 6.10. The van der Waals surface area contributed by atoms with Crippen LogP contribution < -0.4 is 10.6 Å². The summed E-state index contributed by atoms with van der Waals surface area (Å²) in [5, 5.41) is 5.93. The normalized spacial score (nSPS) is 12.2. The molecule has 0 saturated carbocycles. The fourth-order valence-electron chi connectivity index (χ4n) is 1.38. The maximum atomic E-state index is 11.1. The van der Waals surface area contributed by atoms with Crippen LogP contribution in [0.1, 0.15) is 18.9 Å². The van der Waals surface area contributed by atoms with E-state index in [-0.39, 0.29) is 11.9 Å². The van der Waals surface area contributed by atoms with Crippen molar-refractivity contribution in [1.82, 2.24) is 10.6 Å². The lowest BCUT2D eigenvalue weighted by Crippen LogP contribution is -2.32. The third-order valence-corrected chi connectivity index (χ3v) is 3.14. The molecule has 0 heterocycles. The van der Waals surface area contributed by atoms with Crippen molar-refractivity contribution in [3.63, 3.8) is 0 Å². The highest BCUT2D eigenvalue weighted by molar-refractivity contribution is 9.10. The molecule has 0 aliphatic carbocycles. The molecule has 1 atom stereocenters. The number of benzene rings is 1. The number of halogens is 1. The van der Waals surface area contributed by atoms with Gasteiger partial charge in [0, 0.05) is 30.5 Å². The van der Waals surface area contributed by atoms with Crippen molar-refractivity contribution < 1.29 is 4.79 Å². The molecule has 1 rings (SSSR count). The lowest BCUT2D eigenvalue weighted by molar-refractivity contribution is -0.121. The Morgan fingerprint density at radius 2 is 2.12 bits per heavy atom. The Hall–Kier alpha value is -0.870. The smallest absolute Gasteiger partial charge is 0.221 e. The summed E-state index contributed by atoms with van der Waals surface area (Å²) in [5.74, 6) is 0.0622. The van der Waals surface area contributed by atoms with Gasteiger partial charge in [-0.2, -0.15) is 0 Å². The molecule has 16 heavy (non-hydrogen) atoms. The quantitative estimate of drug-likeness (QED) is 0.869. The second-order valence-corrected chi connectivity index (χ2v) is 4.60. The molecule has 0 bridgehead atoms. The van der Waals surface area contributed by atoms with Crippen LogP contribution in [0, 0.1) is 0 Å².